The van der Waals surface area contributed by atoms with Gasteiger partial charge in [0.2, 0.25) is 5.95 Å². The number of ketones is 1. The zero-order valence-corrected chi connectivity index (χ0v) is 20.2. The summed E-state index contributed by atoms with van der Waals surface area (Å²) >= 11 is 0. The van der Waals surface area contributed by atoms with Gasteiger partial charge in [0.05, 0.1) is 25.3 Å². The topological polar surface area (TPSA) is 96.7 Å². The van der Waals surface area contributed by atoms with Crippen LogP contribution < -0.4 is 19.5 Å². The number of carbonyl (C=O) groups is 1. The maximum absolute atomic E-state index is 12.4. The van der Waals surface area contributed by atoms with Gasteiger partial charge >= 0.3 is 0 Å². The number of hydrogen-bond donors (Lipinski definition) is 1. The molecule has 9 heteroatoms. The number of nitrogens with one attached hydrogen (secondary N) is 1. The molecule has 0 fully saturated rings. The second-order valence-electron chi connectivity index (χ2n) is 7.87. The molecule has 0 unspecified atom stereocenters. The number of pyridine rings is 1. The van der Waals surface area contributed by atoms with E-state index < -0.39 is 0 Å². The molecule has 0 aliphatic carbocycles. The average molecular weight is 477 g/mol. The van der Waals surface area contributed by atoms with E-state index in [-0.39, 0.29) is 5.78 Å². The Kier molecular flexibility index (Phi) is 7.47. The van der Waals surface area contributed by atoms with E-state index in [9.17, 15) is 4.79 Å². The monoisotopic (exact) mass is 476 g/mol. The fourth-order valence-electron chi connectivity index (χ4n) is 3.63. The van der Waals surface area contributed by atoms with Crippen LogP contribution in [0, 0.1) is 0 Å². The van der Waals surface area contributed by atoms with Gasteiger partial charge in [-0.3, -0.25) is 9.78 Å². The number of anilines is 2. The predicted octanol–water partition coefficient (Wildman–Crippen LogP) is 5.13. The van der Waals surface area contributed by atoms with Crippen molar-refractivity contribution in [3.05, 3.63) is 60.4 Å². The molecule has 0 saturated carbocycles. The molecule has 1 N–H and O–H groups in total. The fourth-order valence-corrected chi connectivity index (χ4v) is 3.63. The number of hydrogen-bond acceptors (Lipinski definition) is 8. The summed E-state index contributed by atoms with van der Waals surface area (Å²) in [5.74, 6) is 3.10. The van der Waals surface area contributed by atoms with Gasteiger partial charge in [-0.2, -0.15) is 0 Å². The van der Waals surface area contributed by atoms with Gasteiger partial charge in [0.25, 0.3) is 0 Å². The Hall–Kier alpha value is -4.11. The van der Waals surface area contributed by atoms with Crippen LogP contribution in [0.3, 0.4) is 0 Å². The normalized spacial score (nSPS) is 10.9. The Labute approximate surface area is 203 Å². The fraction of sp³-hybridized carbons (Fsp3) is 0.269. The lowest BCUT2D eigenvalue weighted by Gasteiger charge is -2.10. The molecular formula is C26H28N4O5. The van der Waals surface area contributed by atoms with Gasteiger partial charge < -0.3 is 28.8 Å². The van der Waals surface area contributed by atoms with Crippen LogP contribution in [0.4, 0.5) is 11.6 Å². The third-order valence-corrected chi connectivity index (χ3v) is 5.46. The Morgan fingerprint density at radius 1 is 0.943 bits per heavy atom. The van der Waals surface area contributed by atoms with Crippen LogP contribution in [0.15, 0.2) is 54.7 Å². The van der Waals surface area contributed by atoms with Crippen LogP contribution in [0.25, 0.3) is 11.0 Å². The van der Waals surface area contributed by atoms with Crippen LogP contribution in [0.2, 0.25) is 0 Å². The molecule has 0 saturated heterocycles. The molecular weight excluding hydrogens is 448 g/mol. The first-order valence-electron chi connectivity index (χ1n) is 11.1. The molecule has 4 rings (SSSR count). The number of aromatic nitrogens is 3. The summed E-state index contributed by atoms with van der Waals surface area (Å²) < 4.78 is 23.7. The molecule has 2 aromatic heterocycles. The Morgan fingerprint density at radius 3 is 2.40 bits per heavy atom. The molecule has 0 spiro atoms. The maximum Gasteiger partial charge on any atom is 0.208 e. The van der Waals surface area contributed by atoms with Gasteiger partial charge in [0.1, 0.15) is 28.7 Å². The van der Waals surface area contributed by atoms with Gasteiger partial charge in [0.15, 0.2) is 5.78 Å². The summed E-state index contributed by atoms with van der Waals surface area (Å²) in [6, 6.07) is 14.6. The molecule has 2 aromatic carbocycles. The van der Waals surface area contributed by atoms with Crippen molar-refractivity contribution in [3.8, 4) is 23.0 Å². The SMILES string of the molecule is COCCCC(=O)c1cc(Oc2ccc3c(c2)nc(Nc2cc(OC)cc(OC)c2)n3C)ccn1. The largest absolute Gasteiger partial charge is 0.497 e. The van der Waals surface area contributed by atoms with Crippen molar-refractivity contribution in [1.82, 2.24) is 14.5 Å². The summed E-state index contributed by atoms with van der Waals surface area (Å²) in [7, 11) is 6.76. The number of benzene rings is 2. The summed E-state index contributed by atoms with van der Waals surface area (Å²) in [5, 5.41) is 3.32. The molecule has 0 radical (unpaired) electrons. The lowest BCUT2D eigenvalue weighted by molar-refractivity contribution is 0.0958. The van der Waals surface area contributed by atoms with Crippen LogP contribution >= 0.6 is 0 Å². The zero-order valence-electron chi connectivity index (χ0n) is 20.2. The highest BCUT2D eigenvalue weighted by Gasteiger charge is 2.12. The summed E-state index contributed by atoms with van der Waals surface area (Å²) in [6.07, 6.45) is 2.60. The second kappa shape index (κ2) is 10.9. The minimum absolute atomic E-state index is 0.0439. The van der Waals surface area contributed by atoms with Crippen molar-refractivity contribution in [2.75, 3.05) is 33.3 Å². The van der Waals surface area contributed by atoms with Crippen LogP contribution in [-0.2, 0) is 11.8 Å². The lowest BCUT2D eigenvalue weighted by atomic mass is 10.1. The maximum atomic E-state index is 12.4. The first-order valence-corrected chi connectivity index (χ1v) is 11.1. The Morgan fingerprint density at radius 2 is 1.69 bits per heavy atom. The number of rotatable bonds is 11. The van der Waals surface area contributed by atoms with Gasteiger partial charge in [0, 0.05) is 69.4 Å². The van der Waals surface area contributed by atoms with E-state index in [4.69, 9.17) is 23.9 Å². The van der Waals surface area contributed by atoms with E-state index in [1.54, 1.807) is 45.7 Å². The van der Waals surface area contributed by atoms with Gasteiger partial charge in [-0.05, 0) is 24.6 Å². The quantitative estimate of drug-likeness (QED) is 0.235. The highest BCUT2D eigenvalue weighted by molar-refractivity contribution is 5.94. The van der Waals surface area contributed by atoms with Crippen LogP contribution in [-0.4, -0.2) is 48.3 Å². The Balaban J connectivity index is 1.53. The molecule has 0 aliphatic heterocycles. The molecule has 0 amide bonds. The second-order valence-corrected chi connectivity index (χ2v) is 7.87. The minimum atomic E-state index is -0.0439. The third-order valence-electron chi connectivity index (χ3n) is 5.46. The molecule has 0 bridgehead atoms. The van der Waals surface area contributed by atoms with Crippen molar-refractivity contribution in [2.45, 2.75) is 12.8 Å². The molecule has 2 heterocycles. The molecule has 4 aromatic rings. The Bertz CT molecular complexity index is 1310. The van der Waals surface area contributed by atoms with Gasteiger partial charge in [-0.25, -0.2) is 4.98 Å². The third kappa shape index (κ3) is 5.70. The highest BCUT2D eigenvalue weighted by Crippen LogP contribution is 2.31. The number of Topliss-reactive ketones (excluding diaryl/α,β-unsaturated/α-hetero) is 1. The van der Waals surface area contributed by atoms with E-state index in [1.807, 2.05) is 41.9 Å². The highest BCUT2D eigenvalue weighted by atomic mass is 16.5. The van der Waals surface area contributed by atoms with Crippen molar-refractivity contribution in [1.29, 1.82) is 0 Å². The van der Waals surface area contributed by atoms with E-state index in [1.165, 1.54) is 0 Å². The molecule has 0 atom stereocenters. The number of nitrogens with zero attached hydrogens (tertiary/aromatic N) is 3. The van der Waals surface area contributed by atoms with Gasteiger partial charge in [-0.1, -0.05) is 0 Å². The summed E-state index contributed by atoms with van der Waals surface area (Å²) in [6.45, 7) is 0.536. The molecule has 9 nitrogen and oxygen atoms in total. The zero-order chi connectivity index (χ0) is 24.8. The average Bonchev–Trinajstić information content (AvgIpc) is 3.18. The van der Waals surface area contributed by atoms with Crippen LogP contribution in [0.5, 0.6) is 23.0 Å². The number of methoxy groups -OCH3 is 3. The summed E-state index contributed by atoms with van der Waals surface area (Å²) in [5.41, 5.74) is 2.85. The van der Waals surface area contributed by atoms with E-state index in [0.717, 1.165) is 16.7 Å². The standard InChI is InChI=1S/C26H28N4O5/c1-30-24-8-7-18(35-19-9-10-27-23(16-19)25(31)6-5-11-32-2)15-22(24)29-26(30)28-17-12-20(33-3)14-21(13-17)34-4/h7-10,12-16H,5-6,11H2,1-4H3,(H,28,29). The lowest BCUT2D eigenvalue weighted by Crippen LogP contribution is -2.04. The van der Waals surface area contributed by atoms with Crippen molar-refractivity contribution >= 4 is 28.5 Å². The first-order chi connectivity index (χ1) is 17.0. The number of carbonyl (C=O) groups excluding carboxylic acids is 1. The van der Waals surface area contributed by atoms with Crippen molar-refractivity contribution in [3.63, 3.8) is 0 Å². The van der Waals surface area contributed by atoms with Crippen molar-refractivity contribution < 1.29 is 23.7 Å². The molecule has 35 heavy (non-hydrogen) atoms. The molecule has 0 aliphatic rings. The number of imidazole rings is 1. The first kappa shape index (κ1) is 24.0. The predicted molar refractivity (Wildman–Crippen MR) is 133 cm³/mol. The van der Waals surface area contributed by atoms with E-state index in [0.29, 0.717) is 54.1 Å². The number of aryl methyl sites for hydroxylation is 1. The summed E-state index contributed by atoms with van der Waals surface area (Å²) in [4.78, 5) is 21.3. The minimum Gasteiger partial charge on any atom is -0.497 e. The smallest absolute Gasteiger partial charge is 0.208 e. The van der Waals surface area contributed by atoms with E-state index >= 15 is 0 Å². The van der Waals surface area contributed by atoms with Gasteiger partial charge in [-0.15, -0.1) is 0 Å². The van der Waals surface area contributed by atoms with E-state index in [2.05, 4.69) is 10.3 Å². The number of ether oxygens (including phenoxy) is 4. The number of fused-ring (bicyclic) bond motifs is 1. The van der Waals surface area contributed by atoms with Crippen LogP contribution in [0.1, 0.15) is 23.3 Å². The molecule has 182 valence electrons. The van der Waals surface area contributed by atoms with Crippen molar-refractivity contribution in [2.24, 2.45) is 7.05 Å².